The molecule has 1 aromatic carbocycles. The summed E-state index contributed by atoms with van der Waals surface area (Å²) in [7, 11) is 0. The Morgan fingerprint density at radius 3 is 3.05 bits per heavy atom. The van der Waals surface area contributed by atoms with Crippen molar-refractivity contribution >= 4 is 29.4 Å². The number of carbonyl (C=O) groups is 1. The number of hydrazone groups is 1. The summed E-state index contributed by atoms with van der Waals surface area (Å²) >= 11 is 5.98. The number of nitrogens with one attached hydrogen (secondary N) is 1. The molecule has 21 heavy (non-hydrogen) atoms. The molecular formula is C14H10ClN5O. The van der Waals surface area contributed by atoms with Gasteiger partial charge in [0.1, 0.15) is 5.69 Å². The molecule has 0 unspecified atom stereocenters. The van der Waals surface area contributed by atoms with Crippen LogP contribution in [0.25, 0.3) is 5.65 Å². The molecule has 104 valence electrons. The van der Waals surface area contributed by atoms with Gasteiger partial charge in [-0.1, -0.05) is 29.8 Å². The smallest absolute Gasteiger partial charge is 0.291 e. The second-order valence-corrected chi connectivity index (χ2v) is 4.60. The quantitative estimate of drug-likeness (QED) is 0.595. The van der Waals surface area contributed by atoms with Gasteiger partial charge in [0.05, 0.1) is 12.4 Å². The summed E-state index contributed by atoms with van der Waals surface area (Å²) in [6.45, 7) is 0. The predicted octanol–water partition coefficient (Wildman–Crippen LogP) is 2.15. The molecule has 0 saturated heterocycles. The van der Waals surface area contributed by atoms with Crippen LogP contribution in [0.4, 0.5) is 0 Å². The van der Waals surface area contributed by atoms with Crippen LogP contribution in [0.2, 0.25) is 5.02 Å². The Morgan fingerprint density at radius 1 is 1.38 bits per heavy atom. The van der Waals surface area contributed by atoms with Crippen LogP contribution in [0.1, 0.15) is 16.1 Å². The van der Waals surface area contributed by atoms with E-state index in [0.717, 1.165) is 5.56 Å². The van der Waals surface area contributed by atoms with Crippen LogP contribution >= 0.6 is 11.6 Å². The first-order chi connectivity index (χ1) is 10.2. The van der Waals surface area contributed by atoms with Gasteiger partial charge in [-0.25, -0.2) is 10.4 Å². The summed E-state index contributed by atoms with van der Waals surface area (Å²) in [5, 5.41) is 4.44. The standard InChI is InChI=1S/C14H10ClN5O/c15-11-4-2-1-3-10(11)7-17-19-14(21)12-9-20-6-5-16-8-13(20)18-12/h1-9H,(H,19,21)/b17-7-. The van der Waals surface area contributed by atoms with Crippen LogP contribution in [0.15, 0.2) is 54.2 Å². The maximum atomic E-state index is 11.9. The molecule has 3 aromatic rings. The first kappa shape index (κ1) is 13.3. The van der Waals surface area contributed by atoms with Gasteiger partial charge in [0.15, 0.2) is 5.65 Å². The topological polar surface area (TPSA) is 71.7 Å². The summed E-state index contributed by atoms with van der Waals surface area (Å²) in [6.07, 6.45) is 8.00. The molecule has 2 heterocycles. The Balaban J connectivity index is 1.73. The molecule has 1 amide bonds. The zero-order valence-electron chi connectivity index (χ0n) is 10.8. The number of rotatable bonds is 3. The van der Waals surface area contributed by atoms with Crippen molar-refractivity contribution in [3.05, 3.63) is 65.3 Å². The molecule has 6 nitrogen and oxygen atoms in total. The molecule has 0 aliphatic rings. The van der Waals surface area contributed by atoms with Gasteiger partial charge < -0.3 is 4.40 Å². The van der Waals surface area contributed by atoms with Crippen molar-refractivity contribution in [3.63, 3.8) is 0 Å². The predicted molar refractivity (Wildman–Crippen MR) is 79.5 cm³/mol. The minimum atomic E-state index is -0.401. The average molecular weight is 300 g/mol. The zero-order chi connectivity index (χ0) is 14.7. The van der Waals surface area contributed by atoms with Crippen LogP contribution in [-0.4, -0.2) is 26.5 Å². The summed E-state index contributed by atoms with van der Waals surface area (Å²) < 4.78 is 1.71. The van der Waals surface area contributed by atoms with Crippen molar-refractivity contribution in [2.75, 3.05) is 0 Å². The normalized spacial score (nSPS) is 11.1. The van der Waals surface area contributed by atoms with Crippen molar-refractivity contribution in [2.45, 2.75) is 0 Å². The Morgan fingerprint density at radius 2 is 2.24 bits per heavy atom. The van der Waals surface area contributed by atoms with E-state index in [0.29, 0.717) is 10.7 Å². The van der Waals surface area contributed by atoms with Crippen molar-refractivity contribution in [1.29, 1.82) is 0 Å². The molecule has 7 heteroatoms. The number of hydrogen-bond donors (Lipinski definition) is 1. The van der Waals surface area contributed by atoms with Gasteiger partial charge in [-0.15, -0.1) is 0 Å². The van der Waals surface area contributed by atoms with E-state index in [1.807, 2.05) is 12.1 Å². The number of imidazole rings is 1. The van der Waals surface area contributed by atoms with Crippen LogP contribution in [0.3, 0.4) is 0 Å². The maximum absolute atomic E-state index is 11.9. The highest BCUT2D eigenvalue weighted by molar-refractivity contribution is 6.33. The summed E-state index contributed by atoms with van der Waals surface area (Å²) in [5.74, 6) is -0.401. The van der Waals surface area contributed by atoms with E-state index in [9.17, 15) is 4.79 Å². The maximum Gasteiger partial charge on any atom is 0.291 e. The summed E-state index contributed by atoms with van der Waals surface area (Å²) in [4.78, 5) is 20.0. The number of halogens is 1. The Labute approximate surface area is 125 Å². The summed E-state index contributed by atoms with van der Waals surface area (Å²) in [5.41, 5.74) is 3.99. The number of carbonyl (C=O) groups excluding carboxylic acids is 1. The molecule has 0 aliphatic heterocycles. The number of hydrogen-bond acceptors (Lipinski definition) is 4. The molecule has 0 saturated carbocycles. The number of nitrogens with zero attached hydrogens (tertiary/aromatic N) is 4. The number of fused-ring (bicyclic) bond motifs is 1. The SMILES string of the molecule is O=C(N/N=C\c1ccccc1Cl)c1cn2ccncc2n1. The van der Waals surface area contributed by atoms with Crippen LogP contribution < -0.4 is 5.43 Å². The molecule has 3 rings (SSSR count). The van der Waals surface area contributed by atoms with E-state index in [1.165, 1.54) is 6.21 Å². The Kier molecular flexibility index (Phi) is 3.61. The highest BCUT2D eigenvalue weighted by Gasteiger charge is 2.09. The third kappa shape index (κ3) is 2.90. The van der Waals surface area contributed by atoms with E-state index < -0.39 is 5.91 Å². The van der Waals surface area contributed by atoms with Crippen LogP contribution in [0.5, 0.6) is 0 Å². The monoisotopic (exact) mass is 299 g/mol. The lowest BCUT2D eigenvalue weighted by atomic mass is 10.2. The van der Waals surface area contributed by atoms with E-state index in [4.69, 9.17) is 11.6 Å². The minimum absolute atomic E-state index is 0.263. The third-order valence-corrected chi connectivity index (χ3v) is 3.12. The highest BCUT2D eigenvalue weighted by atomic mass is 35.5. The molecule has 0 fully saturated rings. The van der Waals surface area contributed by atoms with E-state index >= 15 is 0 Å². The van der Waals surface area contributed by atoms with Gasteiger partial charge in [-0.3, -0.25) is 9.78 Å². The fourth-order valence-corrected chi connectivity index (χ4v) is 1.93. The lowest BCUT2D eigenvalue weighted by Gasteiger charge is -1.97. The lowest BCUT2D eigenvalue weighted by molar-refractivity contribution is 0.0951. The summed E-state index contributed by atoms with van der Waals surface area (Å²) in [6, 6.07) is 7.21. The molecule has 1 N–H and O–H groups in total. The van der Waals surface area contributed by atoms with Gasteiger partial charge in [-0.05, 0) is 6.07 Å². The van der Waals surface area contributed by atoms with E-state index in [1.54, 1.807) is 41.3 Å². The van der Waals surface area contributed by atoms with Crippen molar-refractivity contribution in [2.24, 2.45) is 5.10 Å². The van der Waals surface area contributed by atoms with Gasteiger partial charge in [0.2, 0.25) is 0 Å². The van der Waals surface area contributed by atoms with Gasteiger partial charge in [0.25, 0.3) is 5.91 Å². The molecule has 0 radical (unpaired) electrons. The largest absolute Gasteiger partial charge is 0.303 e. The third-order valence-electron chi connectivity index (χ3n) is 2.77. The van der Waals surface area contributed by atoms with E-state index in [-0.39, 0.29) is 5.69 Å². The molecule has 0 bridgehead atoms. The second kappa shape index (κ2) is 5.72. The highest BCUT2D eigenvalue weighted by Crippen LogP contribution is 2.12. The minimum Gasteiger partial charge on any atom is -0.303 e. The van der Waals surface area contributed by atoms with Crippen LogP contribution in [-0.2, 0) is 0 Å². The first-order valence-corrected chi connectivity index (χ1v) is 6.48. The fourth-order valence-electron chi connectivity index (χ4n) is 1.75. The number of benzene rings is 1. The molecule has 0 atom stereocenters. The van der Waals surface area contributed by atoms with Gasteiger partial charge in [-0.2, -0.15) is 5.10 Å². The lowest BCUT2D eigenvalue weighted by Crippen LogP contribution is -2.17. The molecular weight excluding hydrogens is 290 g/mol. The van der Waals surface area contributed by atoms with Crippen molar-refractivity contribution in [1.82, 2.24) is 19.8 Å². The van der Waals surface area contributed by atoms with Crippen molar-refractivity contribution in [3.8, 4) is 0 Å². The second-order valence-electron chi connectivity index (χ2n) is 4.19. The molecule has 0 aliphatic carbocycles. The average Bonchev–Trinajstić information content (AvgIpc) is 2.93. The molecule has 2 aromatic heterocycles. The zero-order valence-corrected chi connectivity index (χ0v) is 11.5. The number of aromatic nitrogens is 3. The van der Waals surface area contributed by atoms with Gasteiger partial charge >= 0.3 is 0 Å². The van der Waals surface area contributed by atoms with Crippen LogP contribution in [0, 0.1) is 0 Å². The first-order valence-electron chi connectivity index (χ1n) is 6.11. The Bertz CT molecular complexity index is 794. The van der Waals surface area contributed by atoms with Crippen molar-refractivity contribution < 1.29 is 4.79 Å². The Hall–Kier alpha value is -2.73. The number of amides is 1. The fraction of sp³-hybridized carbons (Fsp3) is 0. The van der Waals surface area contributed by atoms with E-state index in [2.05, 4.69) is 20.5 Å². The molecule has 0 spiro atoms. The van der Waals surface area contributed by atoms with Gasteiger partial charge in [0, 0.05) is 29.2 Å².